The second kappa shape index (κ2) is 5.50. The van der Waals surface area contributed by atoms with Crippen LogP contribution in [0.2, 0.25) is 0 Å². The van der Waals surface area contributed by atoms with Crippen molar-refractivity contribution in [2.24, 2.45) is 0 Å². The summed E-state index contributed by atoms with van der Waals surface area (Å²) in [6.07, 6.45) is 2.45. The standard InChI is InChI=1S/C14H10N2OS2/c17-6-7-18-13-11-8-12(10-4-2-1-3-5-10)19-14(11)16-9-15-13/h1-6,8-9H,7H2. The van der Waals surface area contributed by atoms with Crippen LogP contribution in [0.25, 0.3) is 20.7 Å². The van der Waals surface area contributed by atoms with E-state index in [1.54, 1.807) is 17.7 Å². The molecule has 0 amide bonds. The minimum Gasteiger partial charge on any atom is -0.302 e. The first-order valence-corrected chi connectivity index (χ1v) is 7.55. The molecular formula is C14H10N2OS2. The average molecular weight is 286 g/mol. The summed E-state index contributed by atoms with van der Waals surface area (Å²) >= 11 is 3.09. The van der Waals surface area contributed by atoms with Crippen molar-refractivity contribution in [3.05, 3.63) is 42.7 Å². The van der Waals surface area contributed by atoms with Crippen LogP contribution in [0.4, 0.5) is 0 Å². The van der Waals surface area contributed by atoms with Crippen molar-refractivity contribution in [3.8, 4) is 10.4 Å². The Hall–Kier alpha value is -1.72. The number of aromatic nitrogens is 2. The Morgan fingerprint density at radius 3 is 2.84 bits per heavy atom. The minimum absolute atomic E-state index is 0.419. The van der Waals surface area contributed by atoms with Crippen molar-refractivity contribution in [2.75, 3.05) is 5.75 Å². The zero-order valence-electron chi connectivity index (χ0n) is 9.95. The number of thiophene rings is 1. The molecule has 0 unspecified atom stereocenters. The van der Waals surface area contributed by atoms with Gasteiger partial charge >= 0.3 is 0 Å². The van der Waals surface area contributed by atoms with E-state index in [-0.39, 0.29) is 0 Å². The molecule has 0 fully saturated rings. The van der Waals surface area contributed by atoms with E-state index >= 15 is 0 Å². The van der Waals surface area contributed by atoms with Crippen molar-refractivity contribution >= 4 is 39.6 Å². The van der Waals surface area contributed by atoms with Crippen LogP contribution in [0.15, 0.2) is 47.8 Å². The molecule has 0 aliphatic carbocycles. The highest BCUT2D eigenvalue weighted by Crippen LogP contribution is 2.35. The van der Waals surface area contributed by atoms with Gasteiger partial charge in [0, 0.05) is 10.3 Å². The van der Waals surface area contributed by atoms with Gasteiger partial charge in [0.15, 0.2) is 0 Å². The molecule has 0 atom stereocenters. The van der Waals surface area contributed by atoms with Gasteiger partial charge in [-0.25, -0.2) is 9.97 Å². The van der Waals surface area contributed by atoms with E-state index in [2.05, 4.69) is 28.2 Å². The van der Waals surface area contributed by atoms with Crippen molar-refractivity contribution in [1.29, 1.82) is 0 Å². The van der Waals surface area contributed by atoms with Crippen LogP contribution in [-0.4, -0.2) is 22.0 Å². The van der Waals surface area contributed by atoms with E-state index in [0.717, 1.165) is 21.5 Å². The monoisotopic (exact) mass is 286 g/mol. The maximum Gasteiger partial charge on any atom is 0.130 e. The van der Waals surface area contributed by atoms with Crippen LogP contribution < -0.4 is 0 Å². The number of carbonyl (C=O) groups is 1. The van der Waals surface area contributed by atoms with E-state index < -0.39 is 0 Å². The molecule has 0 spiro atoms. The number of thioether (sulfide) groups is 1. The summed E-state index contributed by atoms with van der Waals surface area (Å²) in [7, 11) is 0. The lowest BCUT2D eigenvalue weighted by Crippen LogP contribution is -1.85. The van der Waals surface area contributed by atoms with Gasteiger partial charge in [-0.1, -0.05) is 42.1 Å². The second-order valence-corrected chi connectivity index (χ2v) is 5.89. The molecule has 0 saturated carbocycles. The van der Waals surface area contributed by atoms with Crippen molar-refractivity contribution < 1.29 is 4.79 Å². The molecular weight excluding hydrogens is 276 g/mol. The third-order valence-electron chi connectivity index (χ3n) is 2.64. The number of fused-ring (bicyclic) bond motifs is 1. The topological polar surface area (TPSA) is 42.9 Å². The maximum absolute atomic E-state index is 10.5. The molecule has 0 N–H and O–H groups in total. The average Bonchev–Trinajstić information content (AvgIpc) is 2.90. The SMILES string of the molecule is O=CCSc1ncnc2sc(-c3ccccc3)cc12. The third-order valence-corrected chi connectivity index (χ3v) is 4.63. The van der Waals surface area contributed by atoms with Crippen LogP contribution in [-0.2, 0) is 4.79 Å². The molecule has 0 bridgehead atoms. The Balaban J connectivity index is 2.08. The van der Waals surface area contributed by atoms with Gasteiger partial charge in [-0.2, -0.15) is 0 Å². The molecule has 2 heterocycles. The van der Waals surface area contributed by atoms with Crippen molar-refractivity contribution in [3.63, 3.8) is 0 Å². The van der Waals surface area contributed by atoms with E-state index in [1.165, 1.54) is 22.2 Å². The van der Waals surface area contributed by atoms with E-state index in [1.807, 2.05) is 18.2 Å². The predicted octanol–water partition coefficient (Wildman–Crippen LogP) is 3.65. The summed E-state index contributed by atoms with van der Waals surface area (Å²) in [5, 5.41) is 1.90. The first-order chi connectivity index (χ1) is 9.38. The largest absolute Gasteiger partial charge is 0.302 e. The fourth-order valence-corrected chi connectivity index (χ4v) is 3.53. The lowest BCUT2D eigenvalue weighted by Gasteiger charge is -1.96. The van der Waals surface area contributed by atoms with Gasteiger partial charge in [-0.3, -0.25) is 0 Å². The van der Waals surface area contributed by atoms with Crippen LogP contribution in [0.3, 0.4) is 0 Å². The lowest BCUT2D eigenvalue weighted by molar-refractivity contribution is -0.105. The highest BCUT2D eigenvalue weighted by molar-refractivity contribution is 8.00. The van der Waals surface area contributed by atoms with E-state index in [0.29, 0.717) is 5.75 Å². The number of hydrogen-bond donors (Lipinski definition) is 0. The summed E-state index contributed by atoms with van der Waals surface area (Å²) in [5.74, 6) is 0.419. The number of rotatable bonds is 4. The minimum atomic E-state index is 0.419. The molecule has 0 radical (unpaired) electrons. The molecule has 19 heavy (non-hydrogen) atoms. The van der Waals surface area contributed by atoms with E-state index in [4.69, 9.17) is 0 Å². The van der Waals surface area contributed by atoms with Gasteiger partial charge in [0.25, 0.3) is 0 Å². The number of aldehydes is 1. The van der Waals surface area contributed by atoms with Gasteiger partial charge in [-0.05, 0) is 11.6 Å². The summed E-state index contributed by atoms with van der Waals surface area (Å²) < 4.78 is 0. The van der Waals surface area contributed by atoms with Crippen molar-refractivity contribution in [2.45, 2.75) is 5.03 Å². The molecule has 0 aliphatic rings. The molecule has 3 nitrogen and oxygen atoms in total. The predicted molar refractivity (Wildman–Crippen MR) is 79.6 cm³/mol. The number of hydrogen-bond acceptors (Lipinski definition) is 5. The highest BCUT2D eigenvalue weighted by Gasteiger charge is 2.10. The molecule has 5 heteroatoms. The first kappa shape index (κ1) is 12.3. The zero-order chi connectivity index (χ0) is 13.1. The fraction of sp³-hybridized carbons (Fsp3) is 0.0714. The Kier molecular flexibility index (Phi) is 3.57. The molecule has 0 saturated heterocycles. The smallest absolute Gasteiger partial charge is 0.130 e. The van der Waals surface area contributed by atoms with Gasteiger partial charge in [0.05, 0.1) is 5.75 Å². The fourth-order valence-electron chi connectivity index (χ4n) is 1.81. The second-order valence-electron chi connectivity index (χ2n) is 3.85. The Labute approximate surface area is 118 Å². The zero-order valence-corrected chi connectivity index (χ0v) is 11.6. The van der Waals surface area contributed by atoms with Gasteiger partial charge < -0.3 is 4.79 Å². The summed E-state index contributed by atoms with van der Waals surface area (Å²) in [6.45, 7) is 0. The number of benzene rings is 1. The summed E-state index contributed by atoms with van der Waals surface area (Å²) in [6, 6.07) is 12.3. The molecule has 1 aromatic carbocycles. The molecule has 94 valence electrons. The number of carbonyl (C=O) groups excluding carboxylic acids is 1. The van der Waals surface area contributed by atoms with Gasteiger partial charge in [0.2, 0.25) is 0 Å². The van der Waals surface area contributed by atoms with Crippen LogP contribution in [0.5, 0.6) is 0 Å². The first-order valence-electron chi connectivity index (χ1n) is 5.75. The van der Waals surface area contributed by atoms with Gasteiger partial charge in [-0.15, -0.1) is 11.3 Å². The summed E-state index contributed by atoms with van der Waals surface area (Å²) in [5.41, 5.74) is 1.18. The normalized spacial score (nSPS) is 10.7. The third kappa shape index (κ3) is 2.52. The lowest BCUT2D eigenvalue weighted by atomic mass is 10.2. The van der Waals surface area contributed by atoms with Gasteiger partial charge in [0.1, 0.15) is 22.5 Å². The molecule has 3 aromatic rings. The van der Waals surface area contributed by atoms with Crippen molar-refractivity contribution in [1.82, 2.24) is 9.97 Å². The van der Waals surface area contributed by atoms with Crippen LogP contribution in [0.1, 0.15) is 0 Å². The quantitative estimate of drug-likeness (QED) is 0.417. The summed E-state index contributed by atoms with van der Waals surface area (Å²) in [4.78, 5) is 21.2. The Morgan fingerprint density at radius 1 is 1.21 bits per heavy atom. The molecule has 0 aliphatic heterocycles. The molecule has 2 aromatic heterocycles. The Bertz CT molecular complexity index is 710. The van der Waals surface area contributed by atoms with Crippen LogP contribution in [0, 0.1) is 0 Å². The Morgan fingerprint density at radius 2 is 2.05 bits per heavy atom. The molecule has 3 rings (SSSR count). The highest BCUT2D eigenvalue weighted by atomic mass is 32.2. The van der Waals surface area contributed by atoms with Crippen LogP contribution >= 0.6 is 23.1 Å². The maximum atomic E-state index is 10.5. The number of nitrogens with zero attached hydrogens (tertiary/aromatic N) is 2. The van der Waals surface area contributed by atoms with E-state index in [9.17, 15) is 4.79 Å².